The van der Waals surface area contributed by atoms with Gasteiger partial charge in [0.05, 0.1) is 11.8 Å². The number of fused-ring (bicyclic) bond motifs is 5. The molecule has 2 saturated carbocycles. The van der Waals surface area contributed by atoms with Gasteiger partial charge in [-0.25, -0.2) is 0 Å². The van der Waals surface area contributed by atoms with Crippen LogP contribution in [0.1, 0.15) is 19.3 Å². The largest absolute Gasteiger partial charge is 0.393 e. The summed E-state index contributed by atoms with van der Waals surface area (Å²) in [6.07, 6.45) is 3.00. The fourth-order valence-electron chi connectivity index (χ4n) is 4.16. The molecule has 3 nitrogen and oxygen atoms in total. The Balaban J connectivity index is 2.09. The number of carbonyl (C=O) groups is 2. The predicted molar refractivity (Wildman–Crippen MR) is 61.4 cm³/mol. The van der Waals surface area contributed by atoms with E-state index in [1.807, 2.05) is 0 Å². The monoisotopic (exact) mass is 258 g/mol. The van der Waals surface area contributed by atoms with Gasteiger partial charge in [-0.3, -0.25) is 9.59 Å². The molecule has 4 atom stereocenters. The average Bonchev–Trinajstić information content (AvgIpc) is 2.76. The van der Waals surface area contributed by atoms with Gasteiger partial charge >= 0.3 is 11.9 Å². The second-order valence-electron chi connectivity index (χ2n) is 5.88. The molecule has 0 N–H and O–H groups in total. The number of hydrogen-bond acceptors (Lipinski definition) is 3. The number of rotatable bonds is 1. The zero-order valence-electron chi connectivity index (χ0n) is 9.46. The van der Waals surface area contributed by atoms with Gasteiger partial charge in [0.25, 0.3) is 0 Å². The zero-order valence-corrected chi connectivity index (χ0v) is 11.2. The Kier molecular flexibility index (Phi) is 1.96. The van der Waals surface area contributed by atoms with Crippen LogP contribution in [0.4, 0.5) is 0 Å². The fraction of sp³-hybridized carbons (Fsp3) is 0.818. The highest BCUT2D eigenvalue weighted by atomic mass is 35.6. The lowest BCUT2D eigenvalue weighted by Gasteiger charge is -2.40. The molecule has 3 fully saturated rings. The van der Waals surface area contributed by atoms with Crippen LogP contribution in [0.15, 0.2) is 0 Å². The van der Waals surface area contributed by atoms with Gasteiger partial charge in [-0.05, 0) is 30.2 Å². The van der Waals surface area contributed by atoms with Crippen molar-refractivity contribution in [3.05, 3.63) is 0 Å². The SMILES string of the molecule is C[Si](C)(Cl)C12CCC(C1)C1C(=O)OC(=O)C12. The Morgan fingerprint density at radius 1 is 1.38 bits per heavy atom. The first-order valence-electron chi connectivity index (χ1n) is 5.81. The minimum Gasteiger partial charge on any atom is -0.393 e. The Hall–Kier alpha value is -0.353. The summed E-state index contributed by atoms with van der Waals surface area (Å²) in [7, 11) is -1.97. The van der Waals surface area contributed by atoms with Gasteiger partial charge < -0.3 is 4.74 Å². The topological polar surface area (TPSA) is 43.4 Å². The Morgan fingerprint density at radius 2 is 2.06 bits per heavy atom. The molecular formula is C11H15ClO3Si. The van der Waals surface area contributed by atoms with Crippen LogP contribution in [0.2, 0.25) is 18.1 Å². The molecule has 5 heteroatoms. The van der Waals surface area contributed by atoms with E-state index in [0.717, 1.165) is 19.3 Å². The van der Waals surface area contributed by atoms with E-state index < -0.39 is 7.38 Å². The first-order chi connectivity index (χ1) is 7.37. The second kappa shape index (κ2) is 2.90. The van der Waals surface area contributed by atoms with Crippen LogP contribution in [0, 0.1) is 17.8 Å². The minimum atomic E-state index is -1.97. The third-order valence-electron chi connectivity index (χ3n) is 4.96. The standard InChI is InChI=1S/C11H15ClO3Si/c1-16(2,12)11-4-3-6(5-11)7-8(11)10(14)15-9(7)13/h6-8H,3-5H2,1-2H3. The van der Waals surface area contributed by atoms with E-state index in [-0.39, 0.29) is 28.8 Å². The van der Waals surface area contributed by atoms with Gasteiger partial charge in [0.1, 0.15) is 0 Å². The van der Waals surface area contributed by atoms with Crippen molar-refractivity contribution >= 4 is 30.4 Å². The van der Waals surface area contributed by atoms with Crippen LogP contribution >= 0.6 is 11.1 Å². The van der Waals surface area contributed by atoms with Crippen molar-refractivity contribution in [1.82, 2.24) is 0 Å². The Morgan fingerprint density at radius 3 is 2.69 bits per heavy atom. The third kappa shape index (κ3) is 1.05. The molecule has 0 amide bonds. The van der Waals surface area contributed by atoms with Crippen LogP contribution < -0.4 is 0 Å². The third-order valence-corrected chi connectivity index (χ3v) is 9.22. The van der Waals surface area contributed by atoms with Crippen LogP contribution in [-0.4, -0.2) is 19.3 Å². The molecular weight excluding hydrogens is 244 g/mol. The van der Waals surface area contributed by atoms with E-state index in [9.17, 15) is 9.59 Å². The number of halogens is 1. The molecule has 1 heterocycles. The number of carbonyl (C=O) groups excluding carboxylic acids is 2. The molecule has 4 unspecified atom stereocenters. The molecule has 0 aromatic rings. The molecule has 16 heavy (non-hydrogen) atoms. The molecule has 0 spiro atoms. The molecule has 3 aliphatic rings. The number of hydrogen-bond donors (Lipinski definition) is 0. The van der Waals surface area contributed by atoms with E-state index in [2.05, 4.69) is 13.1 Å². The lowest BCUT2D eigenvalue weighted by Crippen LogP contribution is -2.43. The lowest BCUT2D eigenvalue weighted by atomic mass is 9.80. The zero-order chi connectivity index (χ0) is 11.7. The summed E-state index contributed by atoms with van der Waals surface area (Å²) >= 11 is 6.62. The molecule has 0 radical (unpaired) electrons. The maximum absolute atomic E-state index is 11.8. The number of cyclic esters (lactones) is 2. The lowest BCUT2D eigenvalue weighted by molar-refractivity contribution is -0.154. The summed E-state index contributed by atoms with van der Waals surface area (Å²) in [6, 6.07) is 0. The van der Waals surface area contributed by atoms with Gasteiger partial charge in [-0.15, -0.1) is 0 Å². The van der Waals surface area contributed by atoms with Crippen molar-refractivity contribution in [3.63, 3.8) is 0 Å². The van der Waals surface area contributed by atoms with E-state index in [1.54, 1.807) is 0 Å². The first-order valence-corrected chi connectivity index (χ1v) is 9.82. The van der Waals surface area contributed by atoms with E-state index in [0.29, 0.717) is 5.92 Å². The Bertz CT molecular complexity index is 389. The van der Waals surface area contributed by atoms with Crippen molar-refractivity contribution in [1.29, 1.82) is 0 Å². The van der Waals surface area contributed by atoms with Gasteiger partial charge in [0.15, 0.2) is 7.38 Å². The second-order valence-corrected chi connectivity index (χ2v) is 12.7. The highest BCUT2D eigenvalue weighted by Gasteiger charge is 2.71. The summed E-state index contributed by atoms with van der Waals surface area (Å²) in [4.78, 5) is 23.5. The predicted octanol–water partition coefficient (Wildman–Crippen LogP) is 2.30. The van der Waals surface area contributed by atoms with Crippen LogP contribution in [0.5, 0.6) is 0 Å². The average molecular weight is 259 g/mol. The summed E-state index contributed by atoms with van der Waals surface area (Å²) in [6.45, 7) is 4.19. The molecule has 0 aromatic carbocycles. The van der Waals surface area contributed by atoms with Gasteiger partial charge in [-0.1, -0.05) is 13.1 Å². The smallest absolute Gasteiger partial charge is 0.317 e. The molecule has 1 saturated heterocycles. The summed E-state index contributed by atoms with van der Waals surface area (Å²) < 4.78 is 4.81. The van der Waals surface area contributed by atoms with Crippen molar-refractivity contribution in [2.45, 2.75) is 37.4 Å². The summed E-state index contributed by atoms with van der Waals surface area (Å²) in [5.74, 6) is -0.658. The van der Waals surface area contributed by atoms with Crippen LogP contribution in [0.3, 0.4) is 0 Å². The van der Waals surface area contributed by atoms with Crippen LogP contribution in [0.25, 0.3) is 0 Å². The number of ether oxygens (including phenoxy) is 1. The molecule has 3 rings (SSSR count). The molecule has 0 aromatic heterocycles. The maximum Gasteiger partial charge on any atom is 0.317 e. The van der Waals surface area contributed by atoms with Gasteiger partial charge in [0, 0.05) is 0 Å². The van der Waals surface area contributed by atoms with E-state index in [1.165, 1.54) is 0 Å². The molecule has 1 aliphatic heterocycles. The van der Waals surface area contributed by atoms with Crippen molar-refractivity contribution < 1.29 is 14.3 Å². The summed E-state index contributed by atoms with van der Waals surface area (Å²) in [5.41, 5.74) is 0. The highest BCUT2D eigenvalue weighted by Crippen LogP contribution is 2.72. The molecule has 2 aliphatic carbocycles. The van der Waals surface area contributed by atoms with E-state index in [4.69, 9.17) is 15.8 Å². The highest BCUT2D eigenvalue weighted by molar-refractivity contribution is 7.20. The van der Waals surface area contributed by atoms with Crippen molar-refractivity contribution in [3.8, 4) is 0 Å². The summed E-state index contributed by atoms with van der Waals surface area (Å²) in [5, 5.41) is -0.0901. The van der Waals surface area contributed by atoms with Crippen molar-refractivity contribution in [2.75, 3.05) is 0 Å². The van der Waals surface area contributed by atoms with Crippen molar-refractivity contribution in [2.24, 2.45) is 17.8 Å². The first kappa shape index (κ1) is 10.8. The fourth-order valence-corrected chi connectivity index (χ4v) is 7.55. The quantitative estimate of drug-likeness (QED) is 0.314. The molecule has 2 bridgehead atoms. The minimum absolute atomic E-state index is 0.0901. The number of esters is 2. The molecule has 88 valence electrons. The Labute approximate surface area is 100 Å². The van der Waals surface area contributed by atoms with Crippen LogP contribution in [-0.2, 0) is 14.3 Å². The normalized spacial score (nSPS) is 46.1. The van der Waals surface area contributed by atoms with E-state index >= 15 is 0 Å². The van der Waals surface area contributed by atoms with Gasteiger partial charge in [-0.2, -0.15) is 11.1 Å². The van der Waals surface area contributed by atoms with Gasteiger partial charge in [0.2, 0.25) is 0 Å². The maximum atomic E-state index is 11.8.